The number of rotatable bonds is 4. The second-order valence-electron chi connectivity index (χ2n) is 2.55. The van der Waals surface area contributed by atoms with Crippen LogP contribution in [0, 0.1) is 0 Å². The maximum absolute atomic E-state index is 10.9. The van der Waals surface area contributed by atoms with Gasteiger partial charge in [0.1, 0.15) is 0 Å². The summed E-state index contributed by atoms with van der Waals surface area (Å²) in [5.41, 5.74) is 0. The molecular weight excluding hydrogens is 206 g/mol. The number of sulfonamides is 1. The van der Waals surface area contributed by atoms with E-state index < -0.39 is 10.0 Å². The van der Waals surface area contributed by atoms with Crippen molar-refractivity contribution >= 4 is 15.8 Å². The first-order valence-electron chi connectivity index (χ1n) is 3.94. The summed E-state index contributed by atoms with van der Waals surface area (Å²) in [7, 11) is -3.32. The van der Waals surface area contributed by atoms with E-state index in [0.717, 1.165) is 6.26 Å². The molecule has 7 heteroatoms. The Kier molecular flexibility index (Phi) is 3.23. The topological polar surface area (TPSA) is 81.2 Å². The van der Waals surface area contributed by atoms with E-state index >= 15 is 0 Å². The van der Waals surface area contributed by atoms with Crippen LogP contribution in [0.3, 0.4) is 0 Å². The first-order valence-corrected chi connectivity index (χ1v) is 5.83. The van der Waals surface area contributed by atoms with Crippen molar-refractivity contribution in [1.82, 2.24) is 9.97 Å². The Labute approximate surface area is 82.4 Å². The van der Waals surface area contributed by atoms with Crippen LogP contribution in [0.25, 0.3) is 0 Å². The standard InChI is InChI=1S/C7H11N3O3S/c1-3-13-7-5-8-4-6(9-7)10-14(2,11)12/h4-5H,3H2,1-2H3,(H,9,10). The van der Waals surface area contributed by atoms with Gasteiger partial charge in [-0.05, 0) is 6.92 Å². The molecule has 1 rings (SSSR count). The third-order valence-corrected chi connectivity index (χ3v) is 1.77. The van der Waals surface area contributed by atoms with Crippen molar-refractivity contribution in [2.45, 2.75) is 6.92 Å². The third-order valence-electron chi connectivity index (χ3n) is 1.19. The molecule has 1 aromatic rings. The van der Waals surface area contributed by atoms with Crippen molar-refractivity contribution in [3.63, 3.8) is 0 Å². The molecule has 0 spiro atoms. The normalized spacial score (nSPS) is 11.0. The van der Waals surface area contributed by atoms with E-state index in [1.807, 2.05) is 0 Å². The number of ether oxygens (including phenoxy) is 1. The van der Waals surface area contributed by atoms with Gasteiger partial charge in [-0.1, -0.05) is 0 Å². The predicted molar refractivity (Wildman–Crippen MR) is 51.7 cm³/mol. The summed E-state index contributed by atoms with van der Waals surface area (Å²) < 4.78 is 29.0. The minimum Gasteiger partial charge on any atom is -0.477 e. The molecule has 6 nitrogen and oxygen atoms in total. The van der Waals surface area contributed by atoms with Crippen LogP contribution < -0.4 is 9.46 Å². The van der Waals surface area contributed by atoms with E-state index in [4.69, 9.17) is 4.74 Å². The molecule has 0 saturated heterocycles. The van der Waals surface area contributed by atoms with Crippen LogP contribution >= 0.6 is 0 Å². The molecule has 0 atom stereocenters. The van der Waals surface area contributed by atoms with E-state index in [1.165, 1.54) is 12.4 Å². The summed E-state index contributed by atoms with van der Waals surface area (Å²) in [4.78, 5) is 7.65. The van der Waals surface area contributed by atoms with Gasteiger partial charge in [0.2, 0.25) is 15.9 Å². The molecule has 0 unspecified atom stereocenters. The van der Waals surface area contributed by atoms with Gasteiger partial charge in [-0.15, -0.1) is 0 Å². The van der Waals surface area contributed by atoms with Gasteiger partial charge in [-0.3, -0.25) is 9.71 Å². The monoisotopic (exact) mass is 217 g/mol. The van der Waals surface area contributed by atoms with E-state index in [9.17, 15) is 8.42 Å². The number of anilines is 1. The van der Waals surface area contributed by atoms with Crippen LogP contribution in [-0.4, -0.2) is 31.2 Å². The van der Waals surface area contributed by atoms with Crippen LogP contribution in [0.15, 0.2) is 12.4 Å². The molecule has 0 aromatic carbocycles. The quantitative estimate of drug-likeness (QED) is 0.781. The zero-order valence-electron chi connectivity index (χ0n) is 7.89. The first-order chi connectivity index (χ1) is 6.51. The van der Waals surface area contributed by atoms with Gasteiger partial charge in [-0.2, -0.15) is 4.98 Å². The zero-order chi connectivity index (χ0) is 10.6. The number of nitrogens with zero attached hydrogens (tertiary/aromatic N) is 2. The van der Waals surface area contributed by atoms with Crippen LogP contribution in [0.2, 0.25) is 0 Å². The SMILES string of the molecule is CCOc1cncc(NS(C)(=O)=O)n1. The number of hydrogen-bond acceptors (Lipinski definition) is 5. The average Bonchev–Trinajstić information content (AvgIpc) is 2.02. The van der Waals surface area contributed by atoms with Crippen molar-refractivity contribution in [3.05, 3.63) is 12.4 Å². The highest BCUT2D eigenvalue weighted by molar-refractivity contribution is 7.92. The highest BCUT2D eigenvalue weighted by atomic mass is 32.2. The van der Waals surface area contributed by atoms with Crippen molar-refractivity contribution in [1.29, 1.82) is 0 Å². The Morgan fingerprint density at radius 2 is 2.21 bits per heavy atom. The fraction of sp³-hybridized carbons (Fsp3) is 0.429. The molecule has 1 aromatic heterocycles. The number of aromatic nitrogens is 2. The van der Waals surface area contributed by atoms with Crippen molar-refractivity contribution in [2.24, 2.45) is 0 Å². The van der Waals surface area contributed by atoms with E-state index in [1.54, 1.807) is 6.92 Å². The molecule has 1 heterocycles. The molecule has 0 radical (unpaired) electrons. The number of hydrogen-bond donors (Lipinski definition) is 1. The molecule has 0 saturated carbocycles. The first kappa shape index (κ1) is 10.7. The summed E-state index contributed by atoms with van der Waals surface area (Å²) in [5, 5.41) is 0. The highest BCUT2D eigenvalue weighted by Crippen LogP contribution is 2.09. The molecule has 1 N–H and O–H groups in total. The van der Waals surface area contributed by atoms with Gasteiger partial charge in [0.15, 0.2) is 5.82 Å². The van der Waals surface area contributed by atoms with Gasteiger partial charge in [0.05, 0.1) is 25.3 Å². The lowest BCUT2D eigenvalue weighted by atomic mass is 10.6. The summed E-state index contributed by atoms with van der Waals surface area (Å²) in [6.07, 6.45) is 3.77. The largest absolute Gasteiger partial charge is 0.477 e. The molecule has 0 aliphatic heterocycles. The Morgan fingerprint density at radius 1 is 1.50 bits per heavy atom. The van der Waals surface area contributed by atoms with E-state index in [2.05, 4.69) is 14.7 Å². The lowest BCUT2D eigenvalue weighted by molar-refractivity contribution is 0.326. The second kappa shape index (κ2) is 4.23. The number of nitrogens with one attached hydrogen (secondary N) is 1. The molecule has 0 aliphatic carbocycles. The molecule has 0 fully saturated rings. The van der Waals surface area contributed by atoms with Gasteiger partial charge in [0, 0.05) is 0 Å². The van der Waals surface area contributed by atoms with Gasteiger partial charge >= 0.3 is 0 Å². The lowest BCUT2D eigenvalue weighted by Crippen LogP contribution is -2.11. The Hall–Kier alpha value is -1.37. The summed E-state index contributed by atoms with van der Waals surface area (Å²) in [6.45, 7) is 2.26. The fourth-order valence-corrected chi connectivity index (χ4v) is 1.28. The average molecular weight is 217 g/mol. The fourth-order valence-electron chi connectivity index (χ4n) is 0.805. The Balaban J connectivity index is 2.83. The van der Waals surface area contributed by atoms with Gasteiger partial charge in [-0.25, -0.2) is 8.42 Å². The predicted octanol–water partition coefficient (Wildman–Crippen LogP) is 0.247. The summed E-state index contributed by atoms with van der Waals surface area (Å²) in [6, 6.07) is 0. The van der Waals surface area contributed by atoms with Crippen molar-refractivity contribution in [2.75, 3.05) is 17.6 Å². The van der Waals surface area contributed by atoms with Crippen molar-refractivity contribution < 1.29 is 13.2 Å². The van der Waals surface area contributed by atoms with Crippen molar-refractivity contribution in [3.8, 4) is 5.88 Å². The van der Waals surface area contributed by atoms with E-state index in [-0.39, 0.29) is 5.82 Å². The molecule has 0 bridgehead atoms. The second-order valence-corrected chi connectivity index (χ2v) is 4.30. The molecule has 14 heavy (non-hydrogen) atoms. The summed E-state index contributed by atoms with van der Waals surface area (Å²) >= 11 is 0. The third kappa shape index (κ3) is 3.56. The molecular formula is C7H11N3O3S. The lowest BCUT2D eigenvalue weighted by Gasteiger charge is -2.04. The smallest absolute Gasteiger partial charge is 0.234 e. The highest BCUT2D eigenvalue weighted by Gasteiger charge is 2.04. The van der Waals surface area contributed by atoms with Gasteiger partial charge in [0.25, 0.3) is 0 Å². The van der Waals surface area contributed by atoms with Gasteiger partial charge < -0.3 is 4.74 Å². The Bertz CT molecular complexity index is 404. The summed E-state index contributed by atoms with van der Waals surface area (Å²) in [5.74, 6) is 0.444. The Morgan fingerprint density at radius 3 is 2.79 bits per heavy atom. The maximum atomic E-state index is 10.9. The van der Waals surface area contributed by atoms with Crippen LogP contribution in [-0.2, 0) is 10.0 Å². The molecule has 78 valence electrons. The minimum absolute atomic E-state index is 0.151. The molecule has 0 aliphatic rings. The van der Waals surface area contributed by atoms with Crippen LogP contribution in [0.5, 0.6) is 5.88 Å². The maximum Gasteiger partial charge on any atom is 0.234 e. The van der Waals surface area contributed by atoms with E-state index in [0.29, 0.717) is 12.5 Å². The molecule has 0 amide bonds. The van der Waals surface area contributed by atoms with Crippen LogP contribution in [0.4, 0.5) is 5.82 Å². The van der Waals surface area contributed by atoms with Crippen LogP contribution in [0.1, 0.15) is 6.92 Å². The minimum atomic E-state index is -3.32. The zero-order valence-corrected chi connectivity index (χ0v) is 8.71.